The average molecular weight is 250 g/mol. The summed E-state index contributed by atoms with van der Waals surface area (Å²) in [5, 5.41) is 6.69. The molecule has 5 heteroatoms. The molecule has 1 aliphatic carbocycles. The molecule has 1 amide bonds. The van der Waals surface area contributed by atoms with Gasteiger partial charge in [-0.25, -0.2) is 0 Å². The third kappa shape index (κ3) is 4.00. The SMILES string of the molecule is Cc1cc(COCC(=O)N[C@@H]2CC=CCC2)on1. The molecule has 98 valence electrons. The second-order valence-corrected chi connectivity index (χ2v) is 4.48. The number of aromatic nitrogens is 1. The minimum absolute atomic E-state index is 0.0555. The normalized spacial score (nSPS) is 18.8. The molecule has 0 radical (unpaired) electrons. The first-order valence-electron chi connectivity index (χ1n) is 6.18. The van der Waals surface area contributed by atoms with Crippen LogP contribution in [0.15, 0.2) is 22.7 Å². The zero-order valence-electron chi connectivity index (χ0n) is 10.5. The maximum atomic E-state index is 11.6. The molecule has 1 aromatic rings. The van der Waals surface area contributed by atoms with Gasteiger partial charge in [-0.2, -0.15) is 0 Å². The van der Waals surface area contributed by atoms with E-state index in [1.54, 1.807) is 6.07 Å². The summed E-state index contributed by atoms with van der Waals surface area (Å²) in [7, 11) is 0. The molecular weight excluding hydrogens is 232 g/mol. The Bertz CT molecular complexity index is 426. The zero-order valence-corrected chi connectivity index (χ0v) is 10.5. The highest BCUT2D eigenvalue weighted by Gasteiger charge is 2.12. The van der Waals surface area contributed by atoms with E-state index in [0.717, 1.165) is 25.0 Å². The van der Waals surface area contributed by atoms with Crippen LogP contribution in [0.5, 0.6) is 0 Å². The standard InChI is InChI=1S/C13H18N2O3/c1-10-7-12(18-15-10)8-17-9-13(16)14-11-5-3-2-4-6-11/h2-3,7,11H,4-6,8-9H2,1H3,(H,14,16)/t11-/m1/s1. The van der Waals surface area contributed by atoms with Crippen molar-refractivity contribution < 1.29 is 14.1 Å². The molecule has 1 atom stereocenters. The van der Waals surface area contributed by atoms with Gasteiger partial charge >= 0.3 is 0 Å². The summed E-state index contributed by atoms with van der Waals surface area (Å²) in [6, 6.07) is 2.04. The summed E-state index contributed by atoms with van der Waals surface area (Å²) in [5.41, 5.74) is 0.812. The predicted octanol–water partition coefficient (Wildman–Crippen LogP) is 1.72. The lowest BCUT2D eigenvalue weighted by atomic mass is 10.0. The number of hydrogen-bond acceptors (Lipinski definition) is 4. The van der Waals surface area contributed by atoms with E-state index in [1.807, 2.05) is 6.92 Å². The second kappa shape index (κ2) is 6.35. The highest BCUT2D eigenvalue weighted by molar-refractivity contribution is 5.77. The van der Waals surface area contributed by atoms with Crippen molar-refractivity contribution in [1.82, 2.24) is 10.5 Å². The summed E-state index contributed by atoms with van der Waals surface area (Å²) in [6.45, 7) is 2.18. The van der Waals surface area contributed by atoms with Crippen molar-refractivity contribution in [2.24, 2.45) is 0 Å². The first-order valence-corrected chi connectivity index (χ1v) is 6.18. The Labute approximate surface area is 106 Å². The fourth-order valence-electron chi connectivity index (χ4n) is 1.92. The van der Waals surface area contributed by atoms with Crippen LogP contribution >= 0.6 is 0 Å². The molecule has 5 nitrogen and oxygen atoms in total. The van der Waals surface area contributed by atoms with Crippen molar-refractivity contribution in [2.45, 2.75) is 38.8 Å². The van der Waals surface area contributed by atoms with Gasteiger partial charge in [0.2, 0.25) is 5.91 Å². The molecule has 0 fully saturated rings. The van der Waals surface area contributed by atoms with E-state index in [9.17, 15) is 4.79 Å². The van der Waals surface area contributed by atoms with Crippen LogP contribution in [-0.2, 0) is 16.1 Å². The fourth-order valence-corrected chi connectivity index (χ4v) is 1.92. The molecule has 0 saturated carbocycles. The first-order chi connectivity index (χ1) is 8.74. The molecule has 0 aromatic carbocycles. The third-order valence-electron chi connectivity index (χ3n) is 2.79. The fraction of sp³-hybridized carbons (Fsp3) is 0.538. The van der Waals surface area contributed by atoms with E-state index in [2.05, 4.69) is 22.6 Å². The molecule has 0 unspecified atom stereocenters. The van der Waals surface area contributed by atoms with E-state index < -0.39 is 0 Å². The van der Waals surface area contributed by atoms with Gasteiger partial charge in [0.1, 0.15) is 13.2 Å². The highest BCUT2D eigenvalue weighted by atomic mass is 16.5. The van der Waals surface area contributed by atoms with Gasteiger partial charge < -0.3 is 14.6 Å². The van der Waals surface area contributed by atoms with Crippen molar-refractivity contribution in [3.8, 4) is 0 Å². The van der Waals surface area contributed by atoms with Gasteiger partial charge in [-0.15, -0.1) is 0 Å². The van der Waals surface area contributed by atoms with Crippen molar-refractivity contribution >= 4 is 5.91 Å². The lowest BCUT2D eigenvalue weighted by Gasteiger charge is -2.19. The minimum Gasteiger partial charge on any atom is -0.364 e. The van der Waals surface area contributed by atoms with Gasteiger partial charge in [0.15, 0.2) is 5.76 Å². The lowest BCUT2D eigenvalue weighted by Crippen LogP contribution is -2.37. The van der Waals surface area contributed by atoms with Gasteiger partial charge in [0.25, 0.3) is 0 Å². The van der Waals surface area contributed by atoms with Crippen LogP contribution in [0.3, 0.4) is 0 Å². The van der Waals surface area contributed by atoms with Crippen LogP contribution in [-0.4, -0.2) is 23.7 Å². The Morgan fingerprint density at radius 2 is 2.50 bits per heavy atom. The average Bonchev–Trinajstić information content (AvgIpc) is 2.76. The van der Waals surface area contributed by atoms with Crippen molar-refractivity contribution in [1.29, 1.82) is 0 Å². The van der Waals surface area contributed by atoms with Crippen molar-refractivity contribution in [2.75, 3.05) is 6.61 Å². The Morgan fingerprint density at radius 1 is 1.61 bits per heavy atom. The number of aryl methyl sites for hydroxylation is 1. The topological polar surface area (TPSA) is 64.4 Å². The molecule has 1 aromatic heterocycles. The smallest absolute Gasteiger partial charge is 0.246 e. The number of rotatable bonds is 5. The number of hydrogen-bond donors (Lipinski definition) is 1. The Kier molecular flexibility index (Phi) is 4.52. The highest BCUT2D eigenvalue weighted by Crippen LogP contribution is 2.10. The third-order valence-corrected chi connectivity index (χ3v) is 2.79. The van der Waals surface area contributed by atoms with Gasteiger partial charge in [-0.05, 0) is 26.2 Å². The molecule has 0 spiro atoms. The van der Waals surface area contributed by atoms with Crippen LogP contribution in [0.4, 0.5) is 0 Å². The van der Waals surface area contributed by atoms with E-state index in [1.165, 1.54) is 0 Å². The maximum absolute atomic E-state index is 11.6. The number of ether oxygens (including phenoxy) is 1. The van der Waals surface area contributed by atoms with Gasteiger partial charge in [0, 0.05) is 12.1 Å². The molecule has 1 heterocycles. The zero-order chi connectivity index (χ0) is 12.8. The number of nitrogens with one attached hydrogen (secondary N) is 1. The number of carbonyl (C=O) groups excluding carboxylic acids is 1. The molecule has 1 N–H and O–H groups in total. The molecule has 2 rings (SSSR count). The Balaban J connectivity index is 1.64. The van der Waals surface area contributed by atoms with Crippen LogP contribution in [0.1, 0.15) is 30.7 Å². The van der Waals surface area contributed by atoms with Crippen molar-refractivity contribution in [3.05, 3.63) is 29.7 Å². The Hall–Kier alpha value is -1.62. The summed E-state index contributed by atoms with van der Waals surface area (Å²) in [4.78, 5) is 11.6. The van der Waals surface area contributed by atoms with E-state index in [-0.39, 0.29) is 25.2 Å². The Morgan fingerprint density at radius 3 is 3.17 bits per heavy atom. The van der Waals surface area contributed by atoms with Gasteiger partial charge in [0.05, 0.1) is 5.69 Å². The van der Waals surface area contributed by atoms with Crippen LogP contribution in [0, 0.1) is 6.92 Å². The van der Waals surface area contributed by atoms with E-state index >= 15 is 0 Å². The lowest BCUT2D eigenvalue weighted by molar-refractivity contribution is -0.127. The van der Waals surface area contributed by atoms with Crippen molar-refractivity contribution in [3.63, 3.8) is 0 Å². The quantitative estimate of drug-likeness (QED) is 0.808. The number of carbonyl (C=O) groups is 1. The second-order valence-electron chi connectivity index (χ2n) is 4.48. The molecule has 0 bridgehead atoms. The molecule has 18 heavy (non-hydrogen) atoms. The number of nitrogens with zero attached hydrogens (tertiary/aromatic N) is 1. The summed E-state index contributed by atoms with van der Waals surface area (Å²) in [6.07, 6.45) is 7.19. The monoisotopic (exact) mass is 250 g/mol. The molecule has 0 saturated heterocycles. The van der Waals surface area contributed by atoms with E-state index in [4.69, 9.17) is 9.26 Å². The van der Waals surface area contributed by atoms with Crippen LogP contribution in [0.2, 0.25) is 0 Å². The largest absolute Gasteiger partial charge is 0.364 e. The minimum atomic E-state index is -0.0773. The van der Waals surface area contributed by atoms with Crippen LogP contribution < -0.4 is 5.32 Å². The van der Waals surface area contributed by atoms with Gasteiger partial charge in [-0.1, -0.05) is 17.3 Å². The molecule has 0 aliphatic heterocycles. The molecule has 1 aliphatic rings. The number of amides is 1. The summed E-state index contributed by atoms with van der Waals surface area (Å²) < 4.78 is 10.3. The van der Waals surface area contributed by atoms with E-state index in [0.29, 0.717) is 5.76 Å². The maximum Gasteiger partial charge on any atom is 0.246 e. The van der Waals surface area contributed by atoms with Gasteiger partial charge in [-0.3, -0.25) is 4.79 Å². The summed E-state index contributed by atoms with van der Waals surface area (Å²) >= 11 is 0. The molecular formula is C13H18N2O3. The van der Waals surface area contributed by atoms with Crippen LogP contribution in [0.25, 0.3) is 0 Å². The first kappa shape index (κ1) is 12.8. The predicted molar refractivity (Wildman–Crippen MR) is 65.8 cm³/mol. The number of allylic oxidation sites excluding steroid dienone is 1. The summed E-state index contributed by atoms with van der Waals surface area (Å²) in [5.74, 6) is 0.562.